The van der Waals surface area contributed by atoms with Gasteiger partial charge in [0.2, 0.25) is 11.8 Å². The fourth-order valence-corrected chi connectivity index (χ4v) is 5.35. The molecule has 21 heavy (non-hydrogen) atoms. The normalized spacial score (nSPS) is 42.2. The van der Waals surface area contributed by atoms with E-state index in [9.17, 15) is 9.59 Å². The van der Waals surface area contributed by atoms with Crippen LogP contribution in [-0.2, 0) is 9.59 Å². The Balaban J connectivity index is 1.60. The third-order valence-electron chi connectivity index (χ3n) is 5.73. The second-order valence-electron chi connectivity index (χ2n) is 6.65. The molecule has 0 aromatic heterocycles. The van der Waals surface area contributed by atoms with Crippen LogP contribution in [0.15, 0.2) is 36.4 Å². The Kier molecular flexibility index (Phi) is 2.34. The molecule has 6 rings (SSSR count). The fourth-order valence-electron chi connectivity index (χ4n) is 4.83. The van der Waals surface area contributed by atoms with E-state index in [1.807, 2.05) is 24.3 Å². The zero-order valence-electron chi connectivity index (χ0n) is 11.3. The average molecular weight is 391 g/mol. The highest BCUT2D eigenvalue weighted by Gasteiger charge is 2.67. The van der Waals surface area contributed by atoms with Crippen LogP contribution in [0, 0.1) is 39.1 Å². The maximum atomic E-state index is 12.9. The first-order chi connectivity index (χ1) is 10.2. The highest BCUT2D eigenvalue weighted by atomic mass is 127. The number of amides is 2. The van der Waals surface area contributed by atoms with Crippen LogP contribution in [0.2, 0.25) is 0 Å². The topological polar surface area (TPSA) is 37.4 Å². The zero-order chi connectivity index (χ0) is 14.3. The minimum absolute atomic E-state index is 0.0247. The lowest BCUT2D eigenvalue weighted by atomic mass is 9.63. The summed E-state index contributed by atoms with van der Waals surface area (Å²) in [6, 6.07) is 7.67. The number of carbonyl (C=O) groups excluding carboxylic acids is 2. The van der Waals surface area contributed by atoms with E-state index in [1.54, 1.807) is 0 Å². The minimum Gasteiger partial charge on any atom is -0.274 e. The largest absolute Gasteiger partial charge is 0.274 e. The predicted molar refractivity (Wildman–Crippen MR) is 86.3 cm³/mol. The van der Waals surface area contributed by atoms with E-state index >= 15 is 0 Å². The summed E-state index contributed by atoms with van der Waals surface area (Å²) in [6.45, 7) is 0. The summed E-state index contributed by atoms with van der Waals surface area (Å²) in [4.78, 5) is 27.2. The van der Waals surface area contributed by atoms with E-state index in [0.717, 1.165) is 9.26 Å². The molecule has 1 aromatic carbocycles. The van der Waals surface area contributed by atoms with Crippen LogP contribution in [0.4, 0.5) is 5.69 Å². The molecule has 0 spiro atoms. The van der Waals surface area contributed by atoms with Gasteiger partial charge in [-0.1, -0.05) is 18.2 Å². The molecule has 1 aromatic rings. The van der Waals surface area contributed by atoms with Gasteiger partial charge in [-0.2, -0.15) is 0 Å². The van der Waals surface area contributed by atoms with Crippen molar-refractivity contribution in [1.82, 2.24) is 0 Å². The number of benzene rings is 1. The highest BCUT2D eigenvalue weighted by Crippen LogP contribution is 2.65. The Bertz CT molecular complexity index is 676. The molecule has 0 radical (unpaired) electrons. The lowest BCUT2D eigenvalue weighted by molar-refractivity contribution is -0.124. The van der Waals surface area contributed by atoms with E-state index in [1.165, 1.54) is 11.3 Å². The monoisotopic (exact) mass is 391 g/mol. The third kappa shape index (κ3) is 1.49. The van der Waals surface area contributed by atoms with Gasteiger partial charge >= 0.3 is 0 Å². The Morgan fingerprint density at radius 2 is 1.62 bits per heavy atom. The molecule has 6 atom stereocenters. The summed E-state index contributed by atoms with van der Waals surface area (Å²) in [7, 11) is 0. The molecule has 106 valence electrons. The number of carbonyl (C=O) groups is 2. The van der Waals surface area contributed by atoms with Gasteiger partial charge in [-0.3, -0.25) is 9.59 Å². The molecule has 2 saturated carbocycles. The van der Waals surface area contributed by atoms with Crippen molar-refractivity contribution < 1.29 is 9.59 Å². The number of imide groups is 1. The van der Waals surface area contributed by atoms with Gasteiger partial charge in [0.25, 0.3) is 0 Å². The van der Waals surface area contributed by atoms with Crippen molar-refractivity contribution in [2.45, 2.75) is 6.42 Å². The minimum atomic E-state index is -0.103. The number of hydrogen-bond donors (Lipinski definition) is 0. The standard InChI is InChI=1S/C17H14INO2/c18-8-2-1-3-9(6-8)19-16(20)14-10-4-5-11(13-7-12(10)13)15(14)17(19)21/h1-6,10-15H,7H2/t10-,11+,12-,13-,14+,15-/m1/s1. The van der Waals surface area contributed by atoms with Gasteiger partial charge in [-0.25, -0.2) is 4.90 Å². The van der Waals surface area contributed by atoms with Crippen molar-refractivity contribution in [2.24, 2.45) is 35.5 Å². The second kappa shape index (κ2) is 3.97. The number of anilines is 1. The first-order valence-electron chi connectivity index (χ1n) is 7.48. The molecule has 1 heterocycles. The molecule has 2 bridgehead atoms. The smallest absolute Gasteiger partial charge is 0.238 e. The van der Waals surface area contributed by atoms with Gasteiger partial charge in [0.15, 0.2) is 0 Å². The third-order valence-corrected chi connectivity index (χ3v) is 6.40. The van der Waals surface area contributed by atoms with Gasteiger partial charge in [-0.15, -0.1) is 0 Å². The molecular weight excluding hydrogens is 377 g/mol. The van der Waals surface area contributed by atoms with Crippen LogP contribution < -0.4 is 4.90 Å². The van der Waals surface area contributed by atoms with Crippen molar-refractivity contribution in [3.05, 3.63) is 40.0 Å². The maximum Gasteiger partial charge on any atom is 0.238 e. The van der Waals surface area contributed by atoms with Crippen LogP contribution >= 0.6 is 22.6 Å². The first-order valence-corrected chi connectivity index (χ1v) is 8.56. The van der Waals surface area contributed by atoms with Crippen LogP contribution in [-0.4, -0.2) is 11.8 Å². The highest BCUT2D eigenvalue weighted by molar-refractivity contribution is 14.1. The molecule has 0 N–H and O–H groups in total. The van der Waals surface area contributed by atoms with E-state index in [2.05, 4.69) is 34.7 Å². The van der Waals surface area contributed by atoms with Crippen molar-refractivity contribution in [3.8, 4) is 0 Å². The number of rotatable bonds is 1. The molecule has 0 unspecified atom stereocenters. The summed E-state index contributed by atoms with van der Waals surface area (Å²) >= 11 is 2.22. The van der Waals surface area contributed by atoms with E-state index < -0.39 is 0 Å². The molecule has 1 saturated heterocycles. The van der Waals surface area contributed by atoms with Crippen molar-refractivity contribution in [3.63, 3.8) is 0 Å². The average Bonchev–Trinajstić information content (AvgIpc) is 3.24. The van der Waals surface area contributed by atoms with Crippen molar-refractivity contribution >= 4 is 40.1 Å². The molecule has 4 aliphatic carbocycles. The summed E-state index contributed by atoms with van der Waals surface area (Å²) in [5.74, 6) is 1.77. The molecule has 3 fully saturated rings. The first kappa shape index (κ1) is 12.4. The van der Waals surface area contributed by atoms with Gasteiger partial charge in [0.1, 0.15) is 0 Å². The molecule has 2 amide bonds. The molecular formula is C17H14INO2. The van der Waals surface area contributed by atoms with Crippen LogP contribution in [0.25, 0.3) is 0 Å². The Hall–Kier alpha value is -1.17. The molecule has 4 heteroatoms. The van der Waals surface area contributed by atoms with Crippen LogP contribution in [0.5, 0.6) is 0 Å². The van der Waals surface area contributed by atoms with Gasteiger partial charge in [-0.05, 0) is 70.9 Å². The second-order valence-corrected chi connectivity index (χ2v) is 7.89. The molecule has 1 aliphatic heterocycles. The molecule has 3 nitrogen and oxygen atoms in total. The predicted octanol–water partition coefficient (Wildman–Crippen LogP) is 2.85. The van der Waals surface area contributed by atoms with E-state index in [4.69, 9.17) is 0 Å². The van der Waals surface area contributed by atoms with Crippen LogP contribution in [0.3, 0.4) is 0 Å². The van der Waals surface area contributed by atoms with E-state index in [0.29, 0.717) is 23.7 Å². The van der Waals surface area contributed by atoms with E-state index in [-0.39, 0.29) is 23.7 Å². The maximum absolute atomic E-state index is 12.9. The fraction of sp³-hybridized carbons (Fsp3) is 0.412. The number of halogens is 1. The van der Waals surface area contributed by atoms with Crippen molar-refractivity contribution in [1.29, 1.82) is 0 Å². The summed E-state index contributed by atoms with van der Waals surface area (Å²) in [5.41, 5.74) is 0.736. The lowest BCUT2D eigenvalue weighted by Gasteiger charge is -2.37. The Labute approximate surface area is 136 Å². The van der Waals surface area contributed by atoms with Gasteiger partial charge in [0, 0.05) is 3.57 Å². The van der Waals surface area contributed by atoms with Gasteiger partial charge < -0.3 is 0 Å². The summed E-state index contributed by atoms with van der Waals surface area (Å²) < 4.78 is 1.05. The molecule has 5 aliphatic rings. The van der Waals surface area contributed by atoms with Crippen molar-refractivity contribution in [2.75, 3.05) is 4.90 Å². The van der Waals surface area contributed by atoms with Gasteiger partial charge in [0.05, 0.1) is 17.5 Å². The number of hydrogen-bond acceptors (Lipinski definition) is 2. The zero-order valence-corrected chi connectivity index (χ0v) is 13.4. The Morgan fingerprint density at radius 3 is 2.19 bits per heavy atom. The number of allylic oxidation sites excluding steroid dienone is 2. The summed E-state index contributed by atoms with van der Waals surface area (Å²) in [6.07, 6.45) is 5.63. The SMILES string of the molecule is O=C1[C@@H]2[C@H]3C=C[C@H]([C@H]4C[C@H]34)[C@@H]2C(=O)N1c1cccc(I)c1. The quantitative estimate of drug-likeness (QED) is 0.420. The van der Waals surface area contributed by atoms with Crippen LogP contribution in [0.1, 0.15) is 6.42 Å². The lowest BCUT2D eigenvalue weighted by Crippen LogP contribution is -2.40. The summed E-state index contributed by atoms with van der Waals surface area (Å²) in [5, 5.41) is 0. The number of nitrogens with zero attached hydrogens (tertiary/aromatic N) is 1. The Morgan fingerprint density at radius 1 is 1.00 bits per heavy atom.